The molecule has 1 unspecified atom stereocenters. The second-order valence-electron chi connectivity index (χ2n) is 7.09. The SMILES string of the molecule is COC(=O)c1ccc(C2c3c(oc4ccc(C)cc4c3=O)C(=O)N2c2nncs2)cc1. The van der Waals surface area contributed by atoms with Crippen LogP contribution >= 0.6 is 11.3 Å². The van der Waals surface area contributed by atoms with Gasteiger partial charge in [-0.2, -0.15) is 0 Å². The van der Waals surface area contributed by atoms with E-state index in [0.29, 0.717) is 27.2 Å². The van der Waals surface area contributed by atoms with Crippen LogP contribution in [0.4, 0.5) is 5.13 Å². The van der Waals surface area contributed by atoms with Gasteiger partial charge in [-0.25, -0.2) is 4.79 Å². The third kappa shape index (κ3) is 2.93. The number of anilines is 1. The molecule has 31 heavy (non-hydrogen) atoms. The van der Waals surface area contributed by atoms with E-state index < -0.39 is 17.9 Å². The molecule has 0 radical (unpaired) electrons. The molecule has 1 atom stereocenters. The fourth-order valence-electron chi connectivity index (χ4n) is 3.79. The molecule has 0 N–H and O–H groups in total. The van der Waals surface area contributed by atoms with Gasteiger partial charge in [0.15, 0.2) is 5.43 Å². The smallest absolute Gasteiger partial charge is 0.337 e. The second kappa shape index (κ2) is 7.13. The molecule has 0 spiro atoms. The molecule has 1 amide bonds. The number of hydrogen-bond donors (Lipinski definition) is 0. The van der Waals surface area contributed by atoms with E-state index >= 15 is 0 Å². The number of fused-ring (bicyclic) bond motifs is 2. The van der Waals surface area contributed by atoms with Crippen molar-refractivity contribution in [2.24, 2.45) is 0 Å². The van der Waals surface area contributed by atoms with Gasteiger partial charge in [0, 0.05) is 0 Å². The van der Waals surface area contributed by atoms with Crippen molar-refractivity contribution in [3.8, 4) is 0 Å². The summed E-state index contributed by atoms with van der Waals surface area (Å²) in [5.41, 5.74) is 3.73. The number of hydrogen-bond acceptors (Lipinski definition) is 8. The Morgan fingerprint density at radius 1 is 1.16 bits per heavy atom. The third-order valence-electron chi connectivity index (χ3n) is 5.23. The van der Waals surface area contributed by atoms with Crippen LogP contribution < -0.4 is 10.3 Å². The molecular weight excluding hydrogens is 418 g/mol. The molecule has 4 aromatic rings. The normalized spacial score (nSPS) is 15.4. The lowest BCUT2D eigenvalue weighted by Gasteiger charge is -2.22. The van der Waals surface area contributed by atoms with E-state index in [1.807, 2.05) is 13.0 Å². The van der Waals surface area contributed by atoms with Crippen LogP contribution in [0, 0.1) is 6.92 Å². The third-order valence-corrected chi connectivity index (χ3v) is 5.92. The Morgan fingerprint density at radius 2 is 1.94 bits per heavy atom. The summed E-state index contributed by atoms with van der Waals surface area (Å²) in [5, 5.41) is 8.62. The average Bonchev–Trinajstić information content (AvgIpc) is 3.40. The molecule has 2 aromatic carbocycles. The highest BCUT2D eigenvalue weighted by Crippen LogP contribution is 2.41. The predicted molar refractivity (Wildman–Crippen MR) is 114 cm³/mol. The average molecular weight is 433 g/mol. The lowest BCUT2D eigenvalue weighted by Crippen LogP contribution is -2.29. The molecule has 2 aromatic heterocycles. The van der Waals surface area contributed by atoms with Gasteiger partial charge < -0.3 is 9.15 Å². The maximum Gasteiger partial charge on any atom is 0.337 e. The van der Waals surface area contributed by atoms with Crippen molar-refractivity contribution in [1.29, 1.82) is 0 Å². The van der Waals surface area contributed by atoms with Crippen LogP contribution in [0.3, 0.4) is 0 Å². The number of rotatable bonds is 3. The number of methoxy groups -OCH3 is 1. The van der Waals surface area contributed by atoms with Gasteiger partial charge in [-0.1, -0.05) is 35.1 Å². The van der Waals surface area contributed by atoms with Crippen LogP contribution in [0.5, 0.6) is 0 Å². The zero-order valence-electron chi connectivity index (χ0n) is 16.5. The molecule has 154 valence electrons. The van der Waals surface area contributed by atoms with Crippen LogP contribution in [0.15, 0.2) is 57.2 Å². The minimum atomic E-state index is -0.761. The molecule has 5 rings (SSSR count). The molecule has 0 saturated heterocycles. The Kier molecular flexibility index (Phi) is 4.40. The summed E-state index contributed by atoms with van der Waals surface area (Å²) in [6.07, 6.45) is 0. The van der Waals surface area contributed by atoms with Gasteiger partial charge >= 0.3 is 5.97 Å². The first kappa shape index (κ1) is 19.1. The van der Waals surface area contributed by atoms with Crippen molar-refractivity contribution in [2.45, 2.75) is 13.0 Å². The molecule has 9 heteroatoms. The zero-order chi connectivity index (χ0) is 21.7. The molecule has 1 aliphatic heterocycles. The lowest BCUT2D eigenvalue weighted by molar-refractivity contribution is 0.0600. The van der Waals surface area contributed by atoms with Gasteiger partial charge in [0.25, 0.3) is 5.91 Å². The van der Waals surface area contributed by atoms with Crippen LogP contribution in [0.1, 0.15) is 43.6 Å². The highest BCUT2D eigenvalue weighted by atomic mass is 32.1. The Morgan fingerprint density at radius 3 is 2.61 bits per heavy atom. The molecule has 0 bridgehead atoms. The van der Waals surface area contributed by atoms with Gasteiger partial charge in [-0.15, -0.1) is 10.2 Å². The van der Waals surface area contributed by atoms with Crippen LogP contribution in [-0.4, -0.2) is 29.2 Å². The number of benzene rings is 2. The van der Waals surface area contributed by atoms with Crippen molar-refractivity contribution in [2.75, 3.05) is 12.0 Å². The number of esters is 1. The summed E-state index contributed by atoms with van der Waals surface area (Å²) in [6, 6.07) is 11.1. The minimum absolute atomic E-state index is 0.0152. The highest BCUT2D eigenvalue weighted by Gasteiger charge is 2.45. The summed E-state index contributed by atoms with van der Waals surface area (Å²) < 4.78 is 10.7. The molecular formula is C22H15N3O5S. The first-order chi connectivity index (χ1) is 15.0. The zero-order valence-corrected chi connectivity index (χ0v) is 17.3. The van der Waals surface area contributed by atoms with Crippen molar-refractivity contribution in [3.63, 3.8) is 0 Å². The van der Waals surface area contributed by atoms with Crippen LogP contribution in [0.2, 0.25) is 0 Å². The van der Waals surface area contributed by atoms with Gasteiger partial charge in [0.1, 0.15) is 11.1 Å². The quantitative estimate of drug-likeness (QED) is 0.456. The monoisotopic (exact) mass is 433 g/mol. The molecule has 1 aliphatic rings. The standard InChI is InChI=1S/C22H15N3O5S/c1-11-3-8-15-14(9-11)18(26)16-17(12-4-6-13(7-5-12)21(28)29-2)25(20(27)19(16)30-15)22-24-23-10-31-22/h3-10,17H,1-2H3. The van der Waals surface area contributed by atoms with Gasteiger partial charge in [0.2, 0.25) is 10.9 Å². The number of aromatic nitrogens is 2. The number of carbonyl (C=O) groups is 2. The largest absolute Gasteiger partial charge is 0.465 e. The van der Waals surface area contributed by atoms with E-state index in [1.165, 1.54) is 28.9 Å². The molecule has 0 aliphatic carbocycles. The maximum atomic E-state index is 13.5. The Labute approximate surface area is 179 Å². The van der Waals surface area contributed by atoms with Gasteiger partial charge in [-0.3, -0.25) is 14.5 Å². The number of aryl methyl sites for hydroxylation is 1. The van der Waals surface area contributed by atoms with E-state index in [1.54, 1.807) is 36.4 Å². The van der Waals surface area contributed by atoms with Crippen molar-refractivity contribution in [3.05, 3.63) is 86.2 Å². The summed E-state index contributed by atoms with van der Waals surface area (Å²) >= 11 is 1.18. The predicted octanol–water partition coefficient (Wildman–Crippen LogP) is 3.49. The second-order valence-corrected chi connectivity index (χ2v) is 7.90. The Bertz CT molecular complexity index is 1390. The summed E-state index contributed by atoms with van der Waals surface area (Å²) in [7, 11) is 1.30. The summed E-state index contributed by atoms with van der Waals surface area (Å²) in [5.74, 6) is -0.955. The van der Waals surface area contributed by atoms with Crippen LogP contribution in [0.25, 0.3) is 11.0 Å². The first-order valence-corrected chi connectivity index (χ1v) is 10.2. The summed E-state index contributed by atoms with van der Waals surface area (Å²) in [4.78, 5) is 40.0. The number of carbonyl (C=O) groups excluding carboxylic acids is 2. The number of ether oxygens (including phenoxy) is 1. The maximum absolute atomic E-state index is 13.5. The first-order valence-electron chi connectivity index (χ1n) is 9.35. The van der Waals surface area contributed by atoms with E-state index in [4.69, 9.17) is 9.15 Å². The van der Waals surface area contributed by atoms with Crippen molar-refractivity contribution < 1.29 is 18.7 Å². The van der Waals surface area contributed by atoms with Crippen molar-refractivity contribution >= 4 is 39.3 Å². The van der Waals surface area contributed by atoms with Gasteiger partial charge in [0.05, 0.1) is 29.7 Å². The highest BCUT2D eigenvalue weighted by molar-refractivity contribution is 7.13. The Balaban J connectivity index is 1.76. The van der Waals surface area contributed by atoms with Crippen LogP contribution in [-0.2, 0) is 4.74 Å². The van der Waals surface area contributed by atoms with Gasteiger partial charge in [-0.05, 0) is 36.8 Å². The Hall–Kier alpha value is -3.85. The minimum Gasteiger partial charge on any atom is -0.465 e. The number of amides is 1. The van der Waals surface area contributed by atoms with E-state index in [-0.39, 0.29) is 16.8 Å². The topological polar surface area (TPSA) is 103 Å². The van der Waals surface area contributed by atoms with E-state index in [9.17, 15) is 14.4 Å². The molecule has 8 nitrogen and oxygen atoms in total. The fraction of sp³-hybridized carbons (Fsp3) is 0.136. The van der Waals surface area contributed by atoms with E-state index in [2.05, 4.69) is 10.2 Å². The molecule has 3 heterocycles. The molecule has 0 saturated carbocycles. The fourth-order valence-corrected chi connectivity index (χ4v) is 4.38. The molecule has 0 fully saturated rings. The lowest BCUT2D eigenvalue weighted by atomic mass is 9.97. The number of nitrogens with zero attached hydrogens (tertiary/aromatic N) is 3. The van der Waals surface area contributed by atoms with E-state index in [0.717, 1.165) is 5.56 Å². The van der Waals surface area contributed by atoms with Crippen molar-refractivity contribution in [1.82, 2.24) is 10.2 Å². The summed E-state index contributed by atoms with van der Waals surface area (Å²) in [6.45, 7) is 1.88.